The van der Waals surface area contributed by atoms with Gasteiger partial charge < -0.3 is 10.0 Å². The van der Waals surface area contributed by atoms with Crippen molar-refractivity contribution in [3.63, 3.8) is 0 Å². The van der Waals surface area contributed by atoms with Gasteiger partial charge in [-0.05, 0) is 38.0 Å². The van der Waals surface area contributed by atoms with Crippen LogP contribution in [0.4, 0.5) is 11.4 Å². The number of nitrogens with one attached hydrogen (secondary N) is 1. The number of anilines is 2. The number of benzene rings is 1. The Kier molecular flexibility index (Phi) is 4.17. The van der Waals surface area contributed by atoms with Gasteiger partial charge in [-0.15, -0.1) is 0 Å². The summed E-state index contributed by atoms with van der Waals surface area (Å²) in [6.07, 6.45) is 2.18. The first-order valence-electron chi connectivity index (χ1n) is 6.56. The van der Waals surface area contributed by atoms with Crippen LogP contribution in [0.2, 0.25) is 0 Å². The Morgan fingerprint density at radius 2 is 2.00 bits per heavy atom. The monoisotopic (exact) mass is 298 g/mol. The molecule has 0 atom stereocenters. The van der Waals surface area contributed by atoms with E-state index in [2.05, 4.69) is 9.62 Å². The lowest BCUT2D eigenvalue weighted by Crippen LogP contribution is -2.20. The fourth-order valence-electron chi connectivity index (χ4n) is 2.21. The third kappa shape index (κ3) is 3.22. The van der Waals surface area contributed by atoms with Crippen LogP contribution in [-0.4, -0.2) is 38.3 Å². The van der Waals surface area contributed by atoms with Crippen molar-refractivity contribution in [1.29, 1.82) is 0 Å². The Labute approximate surface area is 118 Å². The smallest absolute Gasteiger partial charge is 0.337 e. The first-order valence-corrected chi connectivity index (χ1v) is 8.21. The third-order valence-electron chi connectivity index (χ3n) is 3.35. The summed E-state index contributed by atoms with van der Waals surface area (Å²) in [5.74, 6) is -1.24. The maximum Gasteiger partial charge on any atom is 0.337 e. The third-order valence-corrected chi connectivity index (χ3v) is 4.64. The molecule has 2 rings (SSSR count). The molecule has 0 spiro atoms. The van der Waals surface area contributed by atoms with Gasteiger partial charge >= 0.3 is 5.97 Å². The standard InChI is InChI=1S/C13H18N2O4S/c1-2-20(18,19)14-12-6-5-10(9-11(12)13(16)17)15-7-3-4-8-15/h5-6,9,14H,2-4,7-8H2,1H3,(H,16,17). The molecule has 1 aliphatic heterocycles. The molecule has 1 heterocycles. The SMILES string of the molecule is CCS(=O)(=O)Nc1ccc(N2CCCC2)cc1C(=O)O. The van der Waals surface area contributed by atoms with Gasteiger partial charge in [-0.1, -0.05) is 0 Å². The van der Waals surface area contributed by atoms with Gasteiger partial charge in [-0.2, -0.15) is 0 Å². The van der Waals surface area contributed by atoms with Gasteiger partial charge in [0.2, 0.25) is 10.0 Å². The first-order chi connectivity index (χ1) is 9.43. The average Bonchev–Trinajstić information content (AvgIpc) is 2.92. The van der Waals surface area contributed by atoms with E-state index < -0.39 is 16.0 Å². The van der Waals surface area contributed by atoms with Crippen LogP contribution in [0.5, 0.6) is 0 Å². The van der Waals surface area contributed by atoms with E-state index in [4.69, 9.17) is 0 Å². The van der Waals surface area contributed by atoms with E-state index in [9.17, 15) is 18.3 Å². The Hall–Kier alpha value is -1.76. The van der Waals surface area contributed by atoms with Gasteiger partial charge in [0, 0.05) is 18.8 Å². The molecule has 0 aromatic heterocycles. The van der Waals surface area contributed by atoms with Gasteiger partial charge in [0.1, 0.15) is 0 Å². The molecule has 110 valence electrons. The van der Waals surface area contributed by atoms with Crippen molar-refractivity contribution in [2.45, 2.75) is 19.8 Å². The molecule has 6 nitrogen and oxygen atoms in total. The maximum absolute atomic E-state index is 11.6. The van der Waals surface area contributed by atoms with Crippen LogP contribution in [0.1, 0.15) is 30.1 Å². The van der Waals surface area contributed by atoms with E-state index in [-0.39, 0.29) is 17.0 Å². The largest absolute Gasteiger partial charge is 0.478 e. The van der Waals surface area contributed by atoms with Crippen molar-refractivity contribution >= 4 is 27.4 Å². The molecule has 0 bridgehead atoms. The Morgan fingerprint density at radius 3 is 2.55 bits per heavy atom. The molecule has 1 fully saturated rings. The van der Waals surface area contributed by atoms with Gasteiger partial charge in [-0.25, -0.2) is 13.2 Å². The number of rotatable bonds is 5. The Bertz CT molecular complexity index is 607. The first kappa shape index (κ1) is 14.6. The normalized spacial score (nSPS) is 15.3. The summed E-state index contributed by atoms with van der Waals surface area (Å²) < 4.78 is 25.4. The number of carboxylic acid groups (broad SMARTS) is 1. The highest BCUT2D eigenvalue weighted by molar-refractivity contribution is 7.92. The molecule has 0 unspecified atom stereocenters. The summed E-state index contributed by atoms with van der Waals surface area (Å²) in [7, 11) is -3.49. The van der Waals surface area contributed by atoms with Crippen molar-refractivity contribution in [3.8, 4) is 0 Å². The average molecular weight is 298 g/mol. The second-order valence-electron chi connectivity index (χ2n) is 4.73. The zero-order chi connectivity index (χ0) is 14.8. The Morgan fingerprint density at radius 1 is 1.35 bits per heavy atom. The molecule has 0 saturated carbocycles. The minimum Gasteiger partial charge on any atom is -0.478 e. The molecule has 1 aliphatic rings. The van der Waals surface area contributed by atoms with E-state index in [1.807, 2.05) is 0 Å². The zero-order valence-corrected chi connectivity index (χ0v) is 12.1. The van der Waals surface area contributed by atoms with Crippen LogP contribution in [-0.2, 0) is 10.0 Å². The van der Waals surface area contributed by atoms with Gasteiger partial charge in [-0.3, -0.25) is 4.72 Å². The molecule has 2 N–H and O–H groups in total. The van der Waals surface area contributed by atoms with Gasteiger partial charge in [0.05, 0.1) is 17.0 Å². The molecule has 0 radical (unpaired) electrons. The van der Waals surface area contributed by atoms with Gasteiger partial charge in [0.15, 0.2) is 0 Å². The number of sulfonamides is 1. The molecule has 20 heavy (non-hydrogen) atoms. The zero-order valence-electron chi connectivity index (χ0n) is 11.3. The maximum atomic E-state index is 11.6. The number of hydrogen-bond acceptors (Lipinski definition) is 4. The number of carbonyl (C=O) groups is 1. The lowest BCUT2D eigenvalue weighted by Gasteiger charge is -2.19. The summed E-state index contributed by atoms with van der Waals surface area (Å²) in [5, 5.41) is 9.25. The van der Waals surface area contributed by atoms with Crippen LogP contribution in [0, 0.1) is 0 Å². The molecule has 0 aliphatic carbocycles. The van der Waals surface area contributed by atoms with E-state index in [0.717, 1.165) is 31.6 Å². The highest BCUT2D eigenvalue weighted by Gasteiger charge is 2.19. The van der Waals surface area contributed by atoms with Crippen LogP contribution >= 0.6 is 0 Å². The fourth-order valence-corrected chi connectivity index (χ4v) is 2.87. The van der Waals surface area contributed by atoms with Crippen LogP contribution < -0.4 is 9.62 Å². The van der Waals surface area contributed by atoms with Crippen molar-refractivity contribution in [2.75, 3.05) is 28.5 Å². The van der Waals surface area contributed by atoms with E-state index in [1.54, 1.807) is 6.07 Å². The summed E-state index contributed by atoms with van der Waals surface area (Å²) in [6.45, 7) is 3.31. The highest BCUT2D eigenvalue weighted by atomic mass is 32.2. The molecule has 1 aromatic carbocycles. The Balaban J connectivity index is 2.35. The summed E-state index contributed by atoms with van der Waals surface area (Å²) in [6, 6.07) is 4.80. The molecule has 7 heteroatoms. The van der Waals surface area contributed by atoms with E-state index >= 15 is 0 Å². The predicted molar refractivity (Wildman–Crippen MR) is 77.9 cm³/mol. The molecular formula is C13H18N2O4S. The van der Waals surface area contributed by atoms with E-state index in [0.29, 0.717) is 0 Å². The number of hydrogen-bond donors (Lipinski definition) is 2. The molecule has 1 aromatic rings. The van der Waals surface area contributed by atoms with Crippen molar-refractivity contribution in [1.82, 2.24) is 0 Å². The number of nitrogens with zero attached hydrogens (tertiary/aromatic N) is 1. The van der Waals surface area contributed by atoms with Crippen LogP contribution in [0.15, 0.2) is 18.2 Å². The summed E-state index contributed by atoms with van der Waals surface area (Å²) in [5.41, 5.74) is 0.910. The topological polar surface area (TPSA) is 86.7 Å². The van der Waals surface area contributed by atoms with Gasteiger partial charge in [0.25, 0.3) is 0 Å². The number of carboxylic acids is 1. The lowest BCUT2D eigenvalue weighted by atomic mass is 10.1. The number of aromatic carboxylic acids is 1. The quantitative estimate of drug-likeness (QED) is 0.864. The lowest BCUT2D eigenvalue weighted by molar-refractivity contribution is 0.0698. The fraction of sp³-hybridized carbons (Fsp3) is 0.462. The summed E-state index contributed by atoms with van der Waals surface area (Å²) >= 11 is 0. The molecule has 0 amide bonds. The van der Waals surface area contributed by atoms with Crippen molar-refractivity contribution in [2.24, 2.45) is 0 Å². The van der Waals surface area contributed by atoms with Crippen molar-refractivity contribution in [3.05, 3.63) is 23.8 Å². The van der Waals surface area contributed by atoms with Crippen molar-refractivity contribution < 1.29 is 18.3 Å². The second-order valence-corrected chi connectivity index (χ2v) is 6.75. The summed E-state index contributed by atoms with van der Waals surface area (Å²) in [4.78, 5) is 13.4. The minimum absolute atomic E-state index is 0.0218. The highest BCUT2D eigenvalue weighted by Crippen LogP contribution is 2.26. The molecule has 1 saturated heterocycles. The van der Waals surface area contributed by atoms with Crippen LogP contribution in [0.25, 0.3) is 0 Å². The molecular weight excluding hydrogens is 280 g/mol. The minimum atomic E-state index is -3.49. The van der Waals surface area contributed by atoms with Crippen LogP contribution in [0.3, 0.4) is 0 Å². The van der Waals surface area contributed by atoms with E-state index in [1.165, 1.54) is 19.1 Å². The predicted octanol–water partition coefficient (Wildman–Crippen LogP) is 1.75. The second kappa shape index (κ2) is 5.70.